The summed E-state index contributed by atoms with van der Waals surface area (Å²) in [4.78, 5) is 12.1. The molecule has 0 aliphatic heterocycles. The highest BCUT2D eigenvalue weighted by atomic mass is 79.9. The van der Waals surface area contributed by atoms with Gasteiger partial charge in [0.25, 0.3) is 0 Å². The van der Waals surface area contributed by atoms with E-state index >= 15 is 0 Å². The molecule has 104 valence electrons. The average Bonchev–Trinajstić information content (AvgIpc) is 2.58. The molecular formula is C13H18BrN3O2. The fraction of sp³-hybridized carbons (Fsp3) is 0.615. The van der Waals surface area contributed by atoms with Crippen molar-refractivity contribution in [3.05, 3.63) is 16.4 Å². The first-order valence-electron chi connectivity index (χ1n) is 6.03. The van der Waals surface area contributed by atoms with Crippen LogP contribution >= 0.6 is 15.9 Å². The van der Waals surface area contributed by atoms with Crippen molar-refractivity contribution in [1.82, 2.24) is 9.78 Å². The fourth-order valence-electron chi connectivity index (χ4n) is 1.55. The van der Waals surface area contributed by atoms with Crippen molar-refractivity contribution >= 4 is 21.9 Å². The van der Waals surface area contributed by atoms with E-state index in [9.17, 15) is 10.1 Å². The number of carbonyl (C=O) groups is 1. The number of carbonyl (C=O) groups excluding carboxylic acids is 1. The van der Waals surface area contributed by atoms with Gasteiger partial charge in [-0.05, 0) is 42.6 Å². The Morgan fingerprint density at radius 1 is 1.53 bits per heavy atom. The number of halogens is 1. The second-order valence-electron chi connectivity index (χ2n) is 5.62. The van der Waals surface area contributed by atoms with Gasteiger partial charge in [-0.15, -0.1) is 0 Å². The second kappa shape index (κ2) is 5.74. The van der Waals surface area contributed by atoms with Crippen molar-refractivity contribution in [1.29, 1.82) is 5.26 Å². The predicted molar refractivity (Wildman–Crippen MR) is 74.6 cm³/mol. The van der Waals surface area contributed by atoms with Gasteiger partial charge in [-0.25, -0.2) is 9.48 Å². The van der Waals surface area contributed by atoms with Crippen LogP contribution in [0, 0.1) is 17.2 Å². The molecule has 0 saturated carbocycles. The van der Waals surface area contributed by atoms with Gasteiger partial charge in [-0.1, -0.05) is 13.8 Å². The van der Waals surface area contributed by atoms with E-state index in [-0.39, 0.29) is 11.6 Å². The summed E-state index contributed by atoms with van der Waals surface area (Å²) in [6, 6.07) is 3.23. The summed E-state index contributed by atoms with van der Waals surface area (Å²) in [6.45, 7) is 9.20. The Morgan fingerprint density at radius 2 is 2.11 bits per heavy atom. The monoisotopic (exact) mass is 327 g/mol. The maximum absolute atomic E-state index is 12.1. The van der Waals surface area contributed by atoms with Crippen LogP contribution in [0.25, 0.3) is 0 Å². The van der Waals surface area contributed by atoms with Crippen molar-refractivity contribution in [3.8, 4) is 6.07 Å². The molecule has 1 aromatic rings. The molecule has 0 N–H and O–H groups in total. The Kier molecular flexibility index (Phi) is 4.75. The zero-order valence-corrected chi connectivity index (χ0v) is 13.4. The highest BCUT2D eigenvalue weighted by molar-refractivity contribution is 9.10. The molecule has 1 rings (SSSR count). The van der Waals surface area contributed by atoms with Gasteiger partial charge in [0.1, 0.15) is 21.9 Å². The van der Waals surface area contributed by atoms with E-state index in [1.165, 1.54) is 4.68 Å². The quantitative estimate of drug-likeness (QED) is 0.798. The second-order valence-corrected chi connectivity index (χ2v) is 6.43. The van der Waals surface area contributed by atoms with Crippen LogP contribution in [0.5, 0.6) is 0 Å². The standard InChI is InChI=1S/C13H18BrN3O2/c1-8(2)10(7-15)17-9(6-11(14)16-17)12(18)19-13(3,4)5/h6,8,10H,1-5H3. The van der Waals surface area contributed by atoms with Crippen molar-refractivity contribution in [2.45, 2.75) is 46.3 Å². The van der Waals surface area contributed by atoms with E-state index in [1.54, 1.807) is 26.8 Å². The molecular weight excluding hydrogens is 310 g/mol. The van der Waals surface area contributed by atoms with Crippen LogP contribution in [0.4, 0.5) is 0 Å². The Morgan fingerprint density at radius 3 is 2.53 bits per heavy atom. The van der Waals surface area contributed by atoms with Crippen molar-refractivity contribution in [3.63, 3.8) is 0 Å². The van der Waals surface area contributed by atoms with Crippen molar-refractivity contribution in [2.24, 2.45) is 5.92 Å². The molecule has 1 heterocycles. The molecule has 1 aromatic heterocycles. The maximum Gasteiger partial charge on any atom is 0.357 e. The van der Waals surface area contributed by atoms with Crippen LogP contribution in [0.3, 0.4) is 0 Å². The van der Waals surface area contributed by atoms with Gasteiger partial charge >= 0.3 is 5.97 Å². The molecule has 19 heavy (non-hydrogen) atoms. The third-order valence-corrected chi connectivity index (χ3v) is 2.73. The molecule has 0 saturated heterocycles. The molecule has 1 atom stereocenters. The first kappa shape index (κ1) is 15.7. The Hall–Kier alpha value is -1.35. The molecule has 0 aliphatic carbocycles. The number of ether oxygens (including phenoxy) is 1. The highest BCUT2D eigenvalue weighted by Crippen LogP contribution is 2.23. The summed E-state index contributed by atoms with van der Waals surface area (Å²) >= 11 is 3.23. The lowest BCUT2D eigenvalue weighted by Gasteiger charge is -2.21. The normalized spacial score (nSPS) is 13.2. The molecule has 5 nitrogen and oxygen atoms in total. The Labute approximate surface area is 121 Å². The number of hydrogen-bond acceptors (Lipinski definition) is 4. The summed E-state index contributed by atoms with van der Waals surface area (Å²) in [6.07, 6.45) is 0. The first-order valence-corrected chi connectivity index (χ1v) is 6.83. The maximum atomic E-state index is 12.1. The number of rotatable bonds is 3. The number of esters is 1. The van der Waals surface area contributed by atoms with E-state index in [2.05, 4.69) is 27.1 Å². The first-order chi connectivity index (χ1) is 8.65. The van der Waals surface area contributed by atoms with E-state index < -0.39 is 17.6 Å². The van der Waals surface area contributed by atoms with E-state index in [0.717, 1.165) is 0 Å². The summed E-state index contributed by atoms with van der Waals surface area (Å²) in [5.41, 5.74) is -0.305. The molecule has 6 heteroatoms. The van der Waals surface area contributed by atoms with E-state index in [1.807, 2.05) is 13.8 Å². The third kappa shape index (κ3) is 4.06. The van der Waals surface area contributed by atoms with Crippen LogP contribution in [-0.2, 0) is 4.74 Å². The lowest BCUT2D eigenvalue weighted by atomic mass is 10.1. The third-order valence-electron chi connectivity index (χ3n) is 2.34. The Balaban J connectivity index is 3.16. The minimum atomic E-state index is -0.585. The van der Waals surface area contributed by atoms with Gasteiger partial charge in [-0.2, -0.15) is 10.4 Å². The highest BCUT2D eigenvalue weighted by Gasteiger charge is 2.26. The number of aromatic nitrogens is 2. The van der Waals surface area contributed by atoms with Crippen molar-refractivity contribution < 1.29 is 9.53 Å². The lowest BCUT2D eigenvalue weighted by molar-refractivity contribution is 0.00539. The van der Waals surface area contributed by atoms with Gasteiger partial charge in [0.15, 0.2) is 0 Å². The van der Waals surface area contributed by atoms with Crippen LogP contribution in [0.1, 0.15) is 51.1 Å². The van der Waals surface area contributed by atoms with Gasteiger partial charge in [0.2, 0.25) is 0 Å². The molecule has 0 aromatic carbocycles. The van der Waals surface area contributed by atoms with Crippen molar-refractivity contribution in [2.75, 3.05) is 0 Å². The smallest absolute Gasteiger partial charge is 0.357 e. The topological polar surface area (TPSA) is 67.9 Å². The number of hydrogen-bond donors (Lipinski definition) is 0. The Bertz CT molecular complexity index is 509. The summed E-state index contributed by atoms with van der Waals surface area (Å²) in [5, 5.41) is 13.4. The van der Waals surface area contributed by atoms with Crippen LogP contribution < -0.4 is 0 Å². The van der Waals surface area contributed by atoms with Crippen LogP contribution in [0.2, 0.25) is 0 Å². The SMILES string of the molecule is CC(C)C(C#N)n1nc(Br)cc1C(=O)OC(C)(C)C. The fourth-order valence-corrected chi connectivity index (χ4v) is 1.93. The van der Waals surface area contributed by atoms with Gasteiger partial charge in [0, 0.05) is 6.07 Å². The molecule has 0 amide bonds. The zero-order valence-electron chi connectivity index (χ0n) is 11.8. The molecule has 0 radical (unpaired) electrons. The summed E-state index contributed by atoms with van der Waals surface area (Å²) in [7, 11) is 0. The largest absolute Gasteiger partial charge is 0.455 e. The number of nitriles is 1. The van der Waals surface area contributed by atoms with Gasteiger partial charge in [0.05, 0.1) is 6.07 Å². The summed E-state index contributed by atoms with van der Waals surface area (Å²) in [5.74, 6) is -0.440. The summed E-state index contributed by atoms with van der Waals surface area (Å²) < 4.78 is 7.25. The predicted octanol–water partition coefficient (Wildman–Crippen LogP) is 3.32. The number of nitrogens with zero attached hydrogens (tertiary/aromatic N) is 3. The molecule has 0 bridgehead atoms. The molecule has 1 unspecified atom stereocenters. The van der Waals surface area contributed by atoms with E-state index in [0.29, 0.717) is 4.60 Å². The average molecular weight is 328 g/mol. The van der Waals surface area contributed by atoms with Crippen LogP contribution in [0.15, 0.2) is 10.7 Å². The minimum absolute atomic E-state index is 0.0398. The molecule has 0 spiro atoms. The van der Waals surface area contributed by atoms with Crippen LogP contribution in [-0.4, -0.2) is 21.4 Å². The van der Waals surface area contributed by atoms with Gasteiger partial charge < -0.3 is 4.74 Å². The lowest BCUT2D eigenvalue weighted by Crippen LogP contribution is -2.27. The van der Waals surface area contributed by atoms with Gasteiger partial charge in [-0.3, -0.25) is 0 Å². The molecule has 0 fully saturated rings. The molecule has 0 aliphatic rings. The minimum Gasteiger partial charge on any atom is -0.455 e. The zero-order chi connectivity index (χ0) is 14.8. The van der Waals surface area contributed by atoms with E-state index in [4.69, 9.17) is 4.74 Å².